The van der Waals surface area contributed by atoms with E-state index < -0.39 is 35.1 Å². The van der Waals surface area contributed by atoms with Gasteiger partial charge in [-0.1, -0.05) is 0 Å². The van der Waals surface area contributed by atoms with Gasteiger partial charge in [-0.25, -0.2) is 13.6 Å². The highest BCUT2D eigenvalue weighted by Crippen LogP contribution is 2.21. The summed E-state index contributed by atoms with van der Waals surface area (Å²) in [7, 11) is 0. The molecule has 0 fully saturated rings. The first kappa shape index (κ1) is 18.5. The number of hydrogen-bond donors (Lipinski definition) is 1. The van der Waals surface area contributed by atoms with E-state index in [2.05, 4.69) is 4.98 Å². The lowest BCUT2D eigenvalue weighted by atomic mass is 10.0. The summed E-state index contributed by atoms with van der Waals surface area (Å²) in [5.41, 5.74) is 1.10. The van der Waals surface area contributed by atoms with Crippen LogP contribution >= 0.6 is 0 Å². The van der Waals surface area contributed by atoms with Crippen molar-refractivity contribution < 1.29 is 27.9 Å². The predicted octanol–water partition coefficient (Wildman–Crippen LogP) is 3.54. The molecule has 7 heteroatoms. The summed E-state index contributed by atoms with van der Waals surface area (Å²) in [6, 6.07) is 2.42. The molecule has 2 aromatic rings. The summed E-state index contributed by atoms with van der Waals surface area (Å²) < 4.78 is 31.5. The smallest absolute Gasteiger partial charge is 0.341 e. The molecule has 0 bridgehead atoms. The second-order valence-electron chi connectivity index (χ2n) is 5.72. The Bertz CT molecular complexity index is 870. The van der Waals surface area contributed by atoms with Crippen molar-refractivity contribution in [1.82, 2.24) is 4.98 Å². The molecule has 132 valence electrons. The van der Waals surface area contributed by atoms with Crippen molar-refractivity contribution in [1.29, 1.82) is 0 Å². The summed E-state index contributed by atoms with van der Waals surface area (Å²) in [4.78, 5) is 38.9. The number of halogens is 2. The fourth-order valence-corrected chi connectivity index (χ4v) is 2.66. The van der Waals surface area contributed by atoms with Crippen molar-refractivity contribution in [3.63, 3.8) is 0 Å². The van der Waals surface area contributed by atoms with E-state index >= 15 is 0 Å². The molecule has 0 saturated heterocycles. The number of aryl methyl sites for hydroxylation is 1. The number of esters is 1. The molecule has 0 unspecified atom stereocenters. The molecule has 0 aliphatic rings. The molecule has 0 aliphatic carbocycles. The number of aromatic nitrogens is 1. The highest BCUT2D eigenvalue weighted by atomic mass is 19.1. The van der Waals surface area contributed by atoms with E-state index in [-0.39, 0.29) is 11.5 Å². The zero-order valence-corrected chi connectivity index (χ0v) is 14.2. The van der Waals surface area contributed by atoms with Crippen molar-refractivity contribution in [2.24, 2.45) is 0 Å². The van der Waals surface area contributed by atoms with Crippen molar-refractivity contribution in [3.05, 3.63) is 57.9 Å². The van der Waals surface area contributed by atoms with Crippen LogP contribution in [0.2, 0.25) is 0 Å². The van der Waals surface area contributed by atoms with Crippen LogP contribution in [-0.4, -0.2) is 28.6 Å². The summed E-state index contributed by atoms with van der Waals surface area (Å²) in [6.07, 6.45) is -1.21. The van der Waals surface area contributed by atoms with Gasteiger partial charge in [-0.05, 0) is 45.4 Å². The Morgan fingerprint density at radius 3 is 2.32 bits per heavy atom. The van der Waals surface area contributed by atoms with E-state index in [1.165, 1.54) is 13.8 Å². The van der Waals surface area contributed by atoms with Gasteiger partial charge in [0.1, 0.15) is 11.6 Å². The quantitative estimate of drug-likeness (QED) is 0.662. The van der Waals surface area contributed by atoms with E-state index in [0.717, 1.165) is 12.1 Å². The van der Waals surface area contributed by atoms with Crippen LogP contribution in [0.15, 0.2) is 18.2 Å². The Morgan fingerprint density at radius 1 is 1.16 bits per heavy atom. The fourth-order valence-electron chi connectivity index (χ4n) is 2.66. The molecule has 1 N–H and O–H groups in total. The number of ketones is 2. The van der Waals surface area contributed by atoms with Gasteiger partial charge in [0.05, 0.1) is 11.3 Å². The first-order valence-corrected chi connectivity index (χ1v) is 7.53. The van der Waals surface area contributed by atoms with Gasteiger partial charge in [0.25, 0.3) is 0 Å². The standard InChI is InChI=1S/C18H17F2NO4/c1-8-15(10(3)22)9(2)21-16(8)17(23)11(4)25-18(24)13-6-5-12(19)7-14(13)20/h5-7,11,21H,1-4H3/t11-/m1/s1. The number of H-pyrrole nitrogens is 1. The van der Waals surface area contributed by atoms with Crippen LogP contribution in [0.3, 0.4) is 0 Å². The number of aromatic amines is 1. The molecule has 0 radical (unpaired) electrons. The first-order chi connectivity index (χ1) is 11.6. The Balaban J connectivity index is 2.22. The van der Waals surface area contributed by atoms with Gasteiger partial charge in [-0.2, -0.15) is 0 Å². The van der Waals surface area contributed by atoms with Crippen LogP contribution in [0.5, 0.6) is 0 Å². The molecule has 1 aromatic heterocycles. The van der Waals surface area contributed by atoms with Gasteiger partial charge in [-0.3, -0.25) is 9.59 Å². The van der Waals surface area contributed by atoms with Crippen LogP contribution in [0.25, 0.3) is 0 Å². The van der Waals surface area contributed by atoms with E-state index in [4.69, 9.17) is 4.74 Å². The zero-order chi connectivity index (χ0) is 18.9. The van der Waals surface area contributed by atoms with E-state index in [1.807, 2.05) is 0 Å². The molecular weight excluding hydrogens is 332 g/mol. The first-order valence-electron chi connectivity index (χ1n) is 7.53. The molecule has 1 atom stereocenters. The minimum Gasteiger partial charge on any atom is -0.451 e. The molecule has 0 aliphatic heterocycles. The van der Waals surface area contributed by atoms with E-state index in [1.54, 1.807) is 13.8 Å². The van der Waals surface area contributed by atoms with Gasteiger partial charge in [0, 0.05) is 17.3 Å². The maximum absolute atomic E-state index is 13.6. The maximum atomic E-state index is 13.6. The summed E-state index contributed by atoms with van der Waals surface area (Å²) in [5, 5.41) is 0. The average molecular weight is 349 g/mol. The molecule has 25 heavy (non-hydrogen) atoms. The number of hydrogen-bond acceptors (Lipinski definition) is 4. The summed E-state index contributed by atoms with van der Waals surface area (Å²) in [5.74, 6) is -3.72. The largest absolute Gasteiger partial charge is 0.451 e. The molecule has 2 rings (SSSR count). The molecule has 1 aromatic carbocycles. The Labute approximate surface area is 143 Å². The third kappa shape index (κ3) is 3.65. The monoisotopic (exact) mass is 349 g/mol. The Kier molecular flexibility index (Phi) is 5.15. The third-order valence-electron chi connectivity index (χ3n) is 3.84. The van der Waals surface area contributed by atoms with Gasteiger partial charge in [0.15, 0.2) is 11.9 Å². The lowest BCUT2D eigenvalue weighted by molar-refractivity contribution is 0.0312. The van der Waals surface area contributed by atoms with Crippen LogP contribution in [-0.2, 0) is 4.74 Å². The molecule has 1 heterocycles. The summed E-state index contributed by atoms with van der Waals surface area (Å²) >= 11 is 0. The Hall–Kier alpha value is -2.83. The second-order valence-corrected chi connectivity index (χ2v) is 5.72. The molecule has 5 nitrogen and oxygen atoms in total. The lowest BCUT2D eigenvalue weighted by Gasteiger charge is -2.12. The SMILES string of the molecule is CC(=O)c1c(C)[nH]c(C(=O)[C@@H](C)OC(=O)c2ccc(F)cc2F)c1C. The molecule has 0 amide bonds. The normalized spacial score (nSPS) is 11.9. The average Bonchev–Trinajstić information content (AvgIpc) is 2.80. The minimum absolute atomic E-state index is 0.155. The number of Topliss-reactive ketones (excluding diaryl/α,β-unsaturated/α-hetero) is 2. The predicted molar refractivity (Wildman–Crippen MR) is 85.8 cm³/mol. The van der Waals surface area contributed by atoms with Crippen molar-refractivity contribution in [2.75, 3.05) is 0 Å². The van der Waals surface area contributed by atoms with Crippen molar-refractivity contribution in [2.45, 2.75) is 33.8 Å². The highest BCUT2D eigenvalue weighted by molar-refractivity contribution is 6.05. The number of carbonyl (C=O) groups excluding carboxylic acids is 3. The maximum Gasteiger partial charge on any atom is 0.341 e. The third-order valence-corrected chi connectivity index (χ3v) is 3.84. The summed E-state index contributed by atoms with van der Waals surface area (Å²) in [6.45, 7) is 6.00. The number of ether oxygens (including phenoxy) is 1. The second kappa shape index (κ2) is 6.96. The van der Waals surface area contributed by atoms with Crippen LogP contribution in [0.4, 0.5) is 8.78 Å². The van der Waals surface area contributed by atoms with Gasteiger partial charge >= 0.3 is 5.97 Å². The number of benzene rings is 1. The van der Waals surface area contributed by atoms with Gasteiger partial charge in [-0.15, -0.1) is 0 Å². The van der Waals surface area contributed by atoms with Crippen LogP contribution in [0, 0.1) is 25.5 Å². The number of carbonyl (C=O) groups is 3. The van der Waals surface area contributed by atoms with Crippen LogP contribution < -0.4 is 0 Å². The van der Waals surface area contributed by atoms with Crippen molar-refractivity contribution in [3.8, 4) is 0 Å². The van der Waals surface area contributed by atoms with Gasteiger partial charge < -0.3 is 9.72 Å². The number of rotatable bonds is 5. The lowest BCUT2D eigenvalue weighted by Crippen LogP contribution is -2.25. The fraction of sp³-hybridized carbons (Fsp3) is 0.278. The minimum atomic E-state index is -1.21. The molecule has 0 saturated carbocycles. The van der Waals surface area contributed by atoms with Crippen molar-refractivity contribution >= 4 is 17.5 Å². The molecular formula is C18H17F2NO4. The van der Waals surface area contributed by atoms with E-state index in [0.29, 0.717) is 22.9 Å². The topological polar surface area (TPSA) is 76.2 Å². The van der Waals surface area contributed by atoms with E-state index in [9.17, 15) is 23.2 Å². The van der Waals surface area contributed by atoms with Crippen LogP contribution in [0.1, 0.15) is 56.3 Å². The van der Waals surface area contributed by atoms with Gasteiger partial charge in [0.2, 0.25) is 5.78 Å². The Morgan fingerprint density at radius 2 is 1.80 bits per heavy atom. The number of nitrogens with one attached hydrogen (secondary N) is 1. The highest BCUT2D eigenvalue weighted by Gasteiger charge is 2.27. The molecule has 0 spiro atoms. The zero-order valence-electron chi connectivity index (χ0n) is 14.2.